The van der Waals surface area contributed by atoms with Crippen molar-refractivity contribution in [2.45, 2.75) is 16.2 Å². The highest BCUT2D eigenvalue weighted by Gasteiger charge is 2.29. The van der Waals surface area contributed by atoms with Gasteiger partial charge in [0.05, 0.1) is 10.3 Å². The van der Waals surface area contributed by atoms with E-state index in [1.165, 1.54) is 4.21 Å². The van der Waals surface area contributed by atoms with Crippen LogP contribution in [0.4, 0.5) is 0 Å². The molecule has 19 heavy (non-hydrogen) atoms. The predicted molar refractivity (Wildman–Crippen MR) is 82.5 cm³/mol. The second-order valence-electron chi connectivity index (χ2n) is 4.16. The minimum Gasteiger partial charge on any atom is -0.299 e. The SMILES string of the molecule is CNC(C#N)(CCSc1cccs1)c1ccccc1. The molecule has 0 saturated carbocycles. The quantitative estimate of drug-likeness (QED) is 0.820. The zero-order chi connectivity index (χ0) is 13.6. The zero-order valence-electron chi connectivity index (χ0n) is 10.8. The molecule has 4 heteroatoms. The molecule has 2 aromatic rings. The summed E-state index contributed by atoms with van der Waals surface area (Å²) in [6.07, 6.45) is 0.784. The van der Waals surface area contributed by atoms with Gasteiger partial charge in [0.2, 0.25) is 0 Å². The highest BCUT2D eigenvalue weighted by molar-refractivity contribution is 8.01. The van der Waals surface area contributed by atoms with Gasteiger partial charge in [0, 0.05) is 5.75 Å². The van der Waals surface area contributed by atoms with E-state index < -0.39 is 5.54 Å². The molecule has 2 rings (SSSR count). The van der Waals surface area contributed by atoms with E-state index in [1.54, 1.807) is 23.1 Å². The van der Waals surface area contributed by atoms with E-state index in [0.29, 0.717) is 0 Å². The average Bonchev–Trinajstić information content (AvgIpc) is 2.98. The Balaban J connectivity index is 2.06. The lowest BCUT2D eigenvalue weighted by Gasteiger charge is -2.26. The third-order valence-corrected chi connectivity index (χ3v) is 5.23. The van der Waals surface area contributed by atoms with Gasteiger partial charge in [0.1, 0.15) is 5.54 Å². The van der Waals surface area contributed by atoms with E-state index in [-0.39, 0.29) is 0 Å². The maximum Gasteiger partial charge on any atom is 0.132 e. The number of hydrogen-bond acceptors (Lipinski definition) is 4. The molecule has 0 aliphatic carbocycles. The maximum absolute atomic E-state index is 9.57. The Bertz CT molecular complexity index is 531. The summed E-state index contributed by atoms with van der Waals surface area (Å²) in [6.45, 7) is 0. The Hall–Kier alpha value is -1.28. The second-order valence-corrected chi connectivity index (χ2v) is 6.51. The van der Waals surface area contributed by atoms with Crippen LogP contribution in [0.3, 0.4) is 0 Å². The van der Waals surface area contributed by atoms with Crippen molar-refractivity contribution < 1.29 is 0 Å². The van der Waals surface area contributed by atoms with Gasteiger partial charge in [-0.05, 0) is 30.5 Å². The molecule has 1 heterocycles. The fourth-order valence-electron chi connectivity index (χ4n) is 1.96. The van der Waals surface area contributed by atoms with Gasteiger partial charge in [0.15, 0.2) is 0 Å². The van der Waals surface area contributed by atoms with E-state index in [9.17, 15) is 5.26 Å². The van der Waals surface area contributed by atoms with Crippen LogP contribution in [0.15, 0.2) is 52.1 Å². The van der Waals surface area contributed by atoms with E-state index in [1.807, 2.05) is 37.4 Å². The Morgan fingerprint density at radius 2 is 2.05 bits per heavy atom. The van der Waals surface area contributed by atoms with E-state index in [2.05, 4.69) is 28.9 Å². The summed E-state index contributed by atoms with van der Waals surface area (Å²) in [6, 6.07) is 16.6. The normalized spacial score (nSPS) is 13.7. The maximum atomic E-state index is 9.57. The molecule has 0 bridgehead atoms. The summed E-state index contributed by atoms with van der Waals surface area (Å²) >= 11 is 3.55. The molecule has 1 N–H and O–H groups in total. The molecule has 0 aliphatic rings. The van der Waals surface area contributed by atoms with E-state index >= 15 is 0 Å². The van der Waals surface area contributed by atoms with Gasteiger partial charge in [-0.2, -0.15) is 5.26 Å². The molecular weight excluding hydrogens is 272 g/mol. The number of nitrogens with one attached hydrogen (secondary N) is 1. The van der Waals surface area contributed by atoms with E-state index in [0.717, 1.165) is 17.7 Å². The smallest absolute Gasteiger partial charge is 0.132 e. The highest BCUT2D eigenvalue weighted by Crippen LogP contribution is 2.30. The first-order valence-electron chi connectivity index (χ1n) is 6.13. The molecule has 0 aliphatic heterocycles. The fourth-order valence-corrected chi connectivity index (χ4v) is 3.88. The molecular formula is C15H16N2S2. The standard InChI is InChI=1S/C15H16N2S2/c1-17-15(12-16,13-6-3-2-4-7-13)9-11-19-14-8-5-10-18-14/h2-8,10,17H,9,11H2,1H3. The lowest BCUT2D eigenvalue weighted by Crippen LogP contribution is -2.39. The topological polar surface area (TPSA) is 35.8 Å². The van der Waals surface area contributed by atoms with Gasteiger partial charge < -0.3 is 0 Å². The van der Waals surface area contributed by atoms with Crippen molar-refractivity contribution in [2.24, 2.45) is 0 Å². The molecule has 1 atom stereocenters. The van der Waals surface area contributed by atoms with Gasteiger partial charge in [0.25, 0.3) is 0 Å². The number of thiophene rings is 1. The van der Waals surface area contributed by atoms with Crippen molar-refractivity contribution in [3.8, 4) is 6.07 Å². The number of rotatable bonds is 6. The Morgan fingerprint density at radius 3 is 2.63 bits per heavy atom. The van der Waals surface area contributed by atoms with Crippen LogP contribution < -0.4 is 5.32 Å². The highest BCUT2D eigenvalue weighted by atomic mass is 32.2. The van der Waals surface area contributed by atoms with Gasteiger partial charge in [-0.25, -0.2) is 0 Å². The monoisotopic (exact) mass is 288 g/mol. The van der Waals surface area contributed by atoms with Crippen LogP contribution in [-0.4, -0.2) is 12.8 Å². The van der Waals surface area contributed by atoms with Crippen LogP contribution in [-0.2, 0) is 5.54 Å². The number of nitrogens with zero attached hydrogens (tertiary/aromatic N) is 1. The second kappa shape index (κ2) is 6.76. The van der Waals surface area contributed by atoms with Gasteiger partial charge in [-0.15, -0.1) is 23.1 Å². The predicted octanol–water partition coefficient (Wildman–Crippen LogP) is 3.87. The molecule has 1 aromatic carbocycles. The average molecular weight is 288 g/mol. The van der Waals surface area contributed by atoms with Crippen molar-refractivity contribution >= 4 is 23.1 Å². The first-order valence-corrected chi connectivity index (χ1v) is 7.99. The summed E-state index contributed by atoms with van der Waals surface area (Å²) < 4.78 is 1.30. The molecule has 1 unspecified atom stereocenters. The Morgan fingerprint density at radius 1 is 1.26 bits per heavy atom. The molecule has 0 radical (unpaired) electrons. The summed E-state index contributed by atoms with van der Waals surface area (Å²) in [4.78, 5) is 0. The van der Waals surface area contributed by atoms with Crippen molar-refractivity contribution in [3.05, 3.63) is 53.4 Å². The van der Waals surface area contributed by atoms with Crippen LogP contribution in [0.25, 0.3) is 0 Å². The van der Waals surface area contributed by atoms with Crippen molar-refractivity contribution in [1.29, 1.82) is 5.26 Å². The Kier molecular flexibility index (Phi) is 5.03. The van der Waals surface area contributed by atoms with Gasteiger partial charge >= 0.3 is 0 Å². The first kappa shape index (κ1) is 14.1. The number of thioether (sulfide) groups is 1. The summed E-state index contributed by atoms with van der Waals surface area (Å²) in [5.74, 6) is 0.920. The van der Waals surface area contributed by atoms with Crippen molar-refractivity contribution in [2.75, 3.05) is 12.8 Å². The first-order chi connectivity index (χ1) is 9.30. The lowest BCUT2D eigenvalue weighted by molar-refractivity contribution is 0.457. The minimum atomic E-state index is -0.592. The van der Waals surface area contributed by atoms with Gasteiger partial charge in [-0.3, -0.25) is 5.32 Å². The van der Waals surface area contributed by atoms with Crippen LogP contribution >= 0.6 is 23.1 Å². The van der Waals surface area contributed by atoms with Crippen molar-refractivity contribution in [3.63, 3.8) is 0 Å². The van der Waals surface area contributed by atoms with Crippen LogP contribution in [0.2, 0.25) is 0 Å². The molecule has 1 aromatic heterocycles. The van der Waals surface area contributed by atoms with Crippen LogP contribution in [0.1, 0.15) is 12.0 Å². The van der Waals surface area contributed by atoms with Crippen LogP contribution in [0, 0.1) is 11.3 Å². The van der Waals surface area contributed by atoms with E-state index in [4.69, 9.17) is 0 Å². The van der Waals surface area contributed by atoms with Gasteiger partial charge in [-0.1, -0.05) is 36.4 Å². The number of nitriles is 1. The van der Waals surface area contributed by atoms with Crippen LogP contribution in [0.5, 0.6) is 0 Å². The molecule has 0 saturated heterocycles. The zero-order valence-corrected chi connectivity index (χ0v) is 12.4. The third-order valence-electron chi connectivity index (χ3n) is 3.10. The minimum absolute atomic E-state index is 0.592. The fraction of sp³-hybridized carbons (Fsp3) is 0.267. The molecule has 0 amide bonds. The third kappa shape index (κ3) is 3.38. The molecule has 2 nitrogen and oxygen atoms in total. The number of hydrogen-bond donors (Lipinski definition) is 1. The molecule has 0 fully saturated rings. The summed E-state index contributed by atoms with van der Waals surface area (Å²) in [7, 11) is 1.85. The Labute approximate surface area is 122 Å². The van der Waals surface area contributed by atoms with Crippen molar-refractivity contribution in [1.82, 2.24) is 5.32 Å². The lowest BCUT2D eigenvalue weighted by atomic mass is 9.89. The number of benzene rings is 1. The largest absolute Gasteiger partial charge is 0.299 e. The summed E-state index contributed by atoms with van der Waals surface area (Å²) in [5, 5.41) is 14.8. The molecule has 0 spiro atoms. The summed E-state index contributed by atoms with van der Waals surface area (Å²) in [5.41, 5.74) is 0.442. The molecule has 98 valence electrons.